The second kappa shape index (κ2) is 8.47. The molecule has 0 unspecified atom stereocenters. The van der Waals surface area contributed by atoms with Gasteiger partial charge in [-0.25, -0.2) is 15.0 Å². The maximum Gasteiger partial charge on any atom is 0.227 e. The van der Waals surface area contributed by atoms with E-state index in [0.717, 1.165) is 48.7 Å². The van der Waals surface area contributed by atoms with Crippen LogP contribution in [-0.4, -0.2) is 57.1 Å². The Bertz CT molecular complexity index is 780. The molecule has 0 saturated carbocycles. The van der Waals surface area contributed by atoms with Gasteiger partial charge >= 0.3 is 0 Å². The van der Waals surface area contributed by atoms with Gasteiger partial charge in [-0.1, -0.05) is 0 Å². The zero-order valence-electron chi connectivity index (χ0n) is 16.3. The van der Waals surface area contributed by atoms with Crippen molar-refractivity contribution >= 4 is 11.9 Å². The van der Waals surface area contributed by atoms with E-state index in [1.165, 1.54) is 0 Å². The van der Waals surface area contributed by atoms with Crippen LogP contribution in [0.5, 0.6) is 0 Å². The van der Waals surface area contributed by atoms with E-state index in [2.05, 4.69) is 19.5 Å². The number of aromatic nitrogens is 4. The molecule has 146 valence electrons. The maximum absolute atomic E-state index is 12.9. The Morgan fingerprint density at radius 2 is 2.07 bits per heavy atom. The number of hydrogen-bond donors (Lipinski definition) is 1. The van der Waals surface area contributed by atoms with Crippen LogP contribution < -0.4 is 5.73 Å². The number of ether oxygens (including phenoxy) is 1. The quantitative estimate of drug-likeness (QED) is 0.824. The summed E-state index contributed by atoms with van der Waals surface area (Å²) in [6.45, 7) is 6.64. The van der Waals surface area contributed by atoms with Gasteiger partial charge in [-0.2, -0.15) is 0 Å². The average Bonchev–Trinajstić information content (AvgIpc) is 3.11. The summed E-state index contributed by atoms with van der Waals surface area (Å²) in [4.78, 5) is 27.8. The van der Waals surface area contributed by atoms with Crippen molar-refractivity contribution in [3.8, 4) is 0 Å². The molecule has 2 aromatic rings. The fraction of sp³-hybridized carbons (Fsp3) is 0.579. The van der Waals surface area contributed by atoms with Gasteiger partial charge in [-0.05, 0) is 26.7 Å². The van der Waals surface area contributed by atoms with Crippen LogP contribution in [0.4, 0.5) is 5.95 Å². The highest BCUT2D eigenvalue weighted by Gasteiger charge is 2.28. The maximum atomic E-state index is 12.9. The molecule has 0 aliphatic carbocycles. The number of aryl methyl sites for hydroxylation is 2. The summed E-state index contributed by atoms with van der Waals surface area (Å²) < 4.78 is 7.31. The summed E-state index contributed by atoms with van der Waals surface area (Å²) >= 11 is 0. The highest BCUT2D eigenvalue weighted by atomic mass is 16.5. The van der Waals surface area contributed by atoms with Crippen molar-refractivity contribution in [2.75, 3.05) is 32.5 Å². The molecule has 0 radical (unpaired) electrons. The van der Waals surface area contributed by atoms with Crippen LogP contribution in [-0.2, 0) is 22.5 Å². The van der Waals surface area contributed by atoms with E-state index in [-0.39, 0.29) is 17.8 Å². The molecule has 1 aliphatic rings. The molecule has 27 heavy (non-hydrogen) atoms. The first-order valence-corrected chi connectivity index (χ1v) is 9.37. The molecule has 1 saturated heterocycles. The molecule has 1 amide bonds. The second-order valence-electron chi connectivity index (χ2n) is 7.06. The average molecular weight is 372 g/mol. The van der Waals surface area contributed by atoms with Crippen molar-refractivity contribution < 1.29 is 9.53 Å². The fourth-order valence-corrected chi connectivity index (χ4v) is 3.76. The van der Waals surface area contributed by atoms with Crippen molar-refractivity contribution in [1.29, 1.82) is 0 Å². The highest BCUT2D eigenvalue weighted by Crippen LogP contribution is 2.26. The SMILES string of the molecule is COCCn1ccnc1[C@H]1CCCN(C(=O)Cc2c(C)nc(N)nc2C)C1. The number of piperidine rings is 1. The largest absolute Gasteiger partial charge is 0.383 e. The Morgan fingerprint density at radius 1 is 1.33 bits per heavy atom. The number of nitrogens with two attached hydrogens (primary N) is 1. The van der Waals surface area contributed by atoms with Gasteiger partial charge in [0, 0.05) is 62.0 Å². The number of likely N-dealkylation sites (tertiary alicyclic amines) is 1. The number of methoxy groups -OCH3 is 1. The van der Waals surface area contributed by atoms with E-state index in [1.807, 2.05) is 31.1 Å². The predicted octanol–water partition coefficient (Wildman–Crippen LogP) is 1.47. The van der Waals surface area contributed by atoms with Gasteiger partial charge in [0.25, 0.3) is 0 Å². The van der Waals surface area contributed by atoms with E-state index in [1.54, 1.807) is 7.11 Å². The third-order valence-electron chi connectivity index (χ3n) is 5.19. The normalized spacial score (nSPS) is 17.3. The van der Waals surface area contributed by atoms with Crippen molar-refractivity contribution in [2.45, 2.75) is 45.6 Å². The Balaban J connectivity index is 1.69. The highest BCUT2D eigenvalue weighted by molar-refractivity contribution is 5.79. The number of rotatable bonds is 6. The minimum absolute atomic E-state index is 0.106. The summed E-state index contributed by atoms with van der Waals surface area (Å²) in [7, 11) is 1.70. The van der Waals surface area contributed by atoms with Crippen LogP contribution in [0.25, 0.3) is 0 Å². The Morgan fingerprint density at radius 3 is 2.78 bits per heavy atom. The molecule has 2 aromatic heterocycles. The van der Waals surface area contributed by atoms with Crippen LogP contribution in [0.1, 0.15) is 41.5 Å². The van der Waals surface area contributed by atoms with Gasteiger partial charge in [0.15, 0.2) is 0 Å². The molecule has 8 heteroatoms. The topological polar surface area (TPSA) is 99.2 Å². The van der Waals surface area contributed by atoms with Gasteiger partial charge in [0.2, 0.25) is 11.9 Å². The molecular weight excluding hydrogens is 344 g/mol. The lowest BCUT2D eigenvalue weighted by Gasteiger charge is -2.33. The minimum atomic E-state index is 0.106. The van der Waals surface area contributed by atoms with Gasteiger partial charge in [0.05, 0.1) is 13.0 Å². The molecule has 3 rings (SSSR count). The Hall–Kier alpha value is -2.48. The smallest absolute Gasteiger partial charge is 0.227 e. The molecule has 2 N–H and O–H groups in total. The fourth-order valence-electron chi connectivity index (χ4n) is 3.76. The van der Waals surface area contributed by atoms with Gasteiger partial charge in [0.1, 0.15) is 5.82 Å². The van der Waals surface area contributed by atoms with E-state index in [4.69, 9.17) is 10.5 Å². The number of hydrogen-bond acceptors (Lipinski definition) is 6. The van der Waals surface area contributed by atoms with Crippen LogP contribution in [0.2, 0.25) is 0 Å². The molecule has 3 heterocycles. The lowest BCUT2D eigenvalue weighted by molar-refractivity contribution is -0.131. The third-order valence-corrected chi connectivity index (χ3v) is 5.19. The molecule has 0 bridgehead atoms. The molecular formula is C19H28N6O2. The molecule has 0 spiro atoms. The molecule has 0 aromatic carbocycles. The number of nitrogen functional groups attached to an aromatic ring is 1. The number of carbonyl (C=O) groups is 1. The third kappa shape index (κ3) is 4.44. The minimum Gasteiger partial charge on any atom is -0.383 e. The number of nitrogens with zero attached hydrogens (tertiary/aromatic N) is 5. The van der Waals surface area contributed by atoms with Gasteiger partial charge < -0.3 is 19.9 Å². The number of amides is 1. The van der Waals surface area contributed by atoms with Crippen molar-refractivity contribution in [1.82, 2.24) is 24.4 Å². The number of carbonyl (C=O) groups excluding carboxylic acids is 1. The first kappa shape index (κ1) is 19.3. The van der Waals surface area contributed by atoms with E-state index in [9.17, 15) is 4.79 Å². The standard InChI is InChI=1S/C19H28N6O2/c1-13-16(14(2)23-19(20)22-13)11-17(26)25-7-4-5-15(12-25)18-21-6-8-24(18)9-10-27-3/h6,8,15H,4-5,7,9-12H2,1-3H3,(H2,20,22,23)/t15-/m0/s1. The summed E-state index contributed by atoms with van der Waals surface area (Å²) in [5, 5.41) is 0. The van der Waals surface area contributed by atoms with Crippen molar-refractivity contribution in [3.05, 3.63) is 35.2 Å². The number of anilines is 1. The monoisotopic (exact) mass is 372 g/mol. The van der Waals surface area contributed by atoms with Crippen LogP contribution in [0.15, 0.2) is 12.4 Å². The zero-order chi connectivity index (χ0) is 19.4. The molecule has 1 fully saturated rings. The summed E-state index contributed by atoms with van der Waals surface area (Å²) in [6, 6.07) is 0. The van der Waals surface area contributed by atoms with Gasteiger partial charge in [-0.15, -0.1) is 0 Å². The Kier molecular flexibility index (Phi) is 6.05. The van der Waals surface area contributed by atoms with Crippen molar-refractivity contribution in [2.24, 2.45) is 0 Å². The Labute approximate surface area is 159 Å². The lowest BCUT2D eigenvalue weighted by Crippen LogP contribution is -2.40. The summed E-state index contributed by atoms with van der Waals surface area (Å²) in [6.07, 6.45) is 6.13. The first-order valence-electron chi connectivity index (χ1n) is 9.37. The lowest BCUT2D eigenvalue weighted by atomic mass is 9.96. The number of imidazole rings is 1. The predicted molar refractivity (Wildman–Crippen MR) is 102 cm³/mol. The van der Waals surface area contributed by atoms with Crippen LogP contribution >= 0.6 is 0 Å². The molecule has 1 atom stereocenters. The first-order chi connectivity index (χ1) is 13.0. The zero-order valence-corrected chi connectivity index (χ0v) is 16.3. The van der Waals surface area contributed by atoms with Crippen molar-refractivity contribution in [3.63, 3.8) is 0 Å². The molecule has 1 aliphatic heterocycles. The van der Waals surface area contributed by atoms with Gasteiger partial charge in [-0.3, -0.25) is 4.79 Å². The van der Waals surface area contributed by atoms with Crippen LogP contribution in [0.3, 0.4) is 0 Å². The summed E-state index contributed by atoms with van der Waals surface area (Å²) in [5.74, 6) is 1.64. The van der Waals surface area contributed by atoms with E-state index >= 15 is 0 Å². The van der Waals surface area contributed by atoms with E-state index in [0.29, 0.717) is 19.6 Å². The molecule has 8 nitrogen and oxygen atoms in total. The summed E-state index contributed by atoms with van der Waals surface area (Å²) in [5.41, 5.74) is 8.11. The second-order valence-corrected chi connectivity index (χ2v) is 7.06. The van der Waals surface area contributed by atoms with E-state index < -0.39 is 0 Å². The van der Waals surface area contributed by atoms with Crippen LogP contribution in [0, 0.1) is 13.8 Å².